The van der Waals surface area contributed by atoms with Crippen LogP contribution in [0.15, 0.2) is 130 Å². The molecule has 1 amide bonds. The molecule has 3 heterocycles. The minimum Gasteiger partial charge on any atom is -0.320 e. The number of hydrogen-bond acceptors (Lipinski definition) is 6. The Morgan fingerprint density at radius 3 is 2.08 bits per heavy atom. The molecule has 9 nitrogen and oxygen atoms in total. The van der Waals surface area contributed by atoms with Crippen molar-refractivity contribution in [3.63, 3.8) is 0 Å². The molecule has 0 aliphatic carbocycles. The van der Waals surface area contributed by atoms with Crippen LogP contribution in [-0.4, -0.2) is 36.1 Å². The third kappa shape index (κ3) is 7.04. The molecule has 0 fully saturated rings. The molecule has 0 unspecified atom stereocenters. The van der Waals surface area contributed by atoms with Gasteiger partial charge in [-0.25, -0.2) is 19.3 Å². The van der Waals surface area contributed by atoms with E-state index in [1.807, 2.05) is 96.4 Å². The van der Waals surface area contributed by atoms with Gasteiger partial charge in [0.25, 0.3) is 5.56 Å². The molecule has 0 saturated heterocycles. The molecule has 12 heteroatoms. The van der Waals surface area contributed by atoms with E-state index in [9.17, 15) is 14.4 Å². The summed E-state index contributed by atoms with van der Waals surface area (Å²) < 4.78 is 4.20. The number of imidazole rings is 1. The van der Waals surface area contributed by atoms with Crippen LogP contribution in [0.1, 0.15) is 16.7 Å². The Labute approximate surface area is 301 Å². The van der Waals surface area contributed by atoms with Gasteiger partial charge >= 0.3 is 5.69 Å². The van der Waals surface area contributed by atoms with Crippen molar-refractivity contribution in [2.45, 2.75) is 26.1 Å². The quantitative estimate of drug-likeness (QED) is 0.141. The van der Waals surface area contributed by atoms with E-state index in [4.69, 9.17) is 28.2 Å². The molecule has 0 bridgehead atoms. The minimum absolute atomic E-state index is 0.169. The molecule has 50 heavy (non-hydrogen) atoms. The number of aromatic nitrogens is 5. The summed E-state index contributed by atoms with van der Waals surface area (Å²) in [4.78, 5) is 53.6. The van der Waals surface area contributed by atoms with Gasteiger partial charge in [-0.15, -0.1) is 11.3 Å². The third-order valence-electron chi connectivity index (χ3n) is 8.35. The number of fused-ring (bicyclic) bond motifs is 1. The zero-order valence-corrected chi connectivity index (χ0v) is 29.0. The van der Waals surface area contributed by atoms with Crippen molar-refractivity contribution < 1.29 is 4.79 Å². The van der Waals surface area contributed by atoms with E-state index in [1.165, 1.54) is 20.8 Å². The van der Waals surface area contributed by atoms with E-state index >= 15 is 0 Å². The summed E-state index contributed by atoms with van der Waals surface area (Å²) in [6.45, 7) is 0.306. The summed E-state index contributed by atoms with van der Waals surface area (Å²) in [5.41, 5.74) is 3.37. The van der Waals surface area contributed by atoms with Crippen LogP contribution in [0.2, 0.25) is 10.0 Å². The van der Waals surface area contributed by atoms with Crippen LogP contribution in [0, 0.1) is 0 Å². The first-order chi connectivity index (χ1) is 24.4. The molecular formula is C38H30Cl2N6O3S. The number of thiazole rings is 1. The minimum atomic E-state index is -0.625. The van der Waals surface area contributed by atoms with E-state index in [0.717, 1.165) is 21.3 Å². The maximum atomic E-state index is 14.3. The number of carbonyl (C=O) groups excluding carboxylic acids is 1. The van der Waals surface area contributed by atoms with Crippen LogP contribution >= 0.6 is 34.5 Å². The highest BCUT2D eigenvalue weighted by atomic mass is 35.5. The van der Waals surface area contributed by atoms with Gasteiger partial charge in [0.1, 0.15) is 6.54 Å². The first-order valence-corrected chi connectivity index (χ1v) is 17.5. The molecule has 7 rings (SSSR count). The lowest BCUT2D eigenvalue weighted by Gasteiger charge is -2.21. The fourth-order valence-electron chi connectivity index (χ4n) is 5.83. The van der Waals surface area contributed by atoms with Gasteiger partial charge in [-0.2, -0.15) is 0 Å². The molecule has 0 atom stereocenters. The molecular weight excluding hydrogens is 691 g/mol. The monoisotopic (exact) mass is 720 g/mol. The molecule has 3 aromatic heterocycles. The number of benzene rings is 4. The number of amides is 1. The Bertz CT molecular complexity index is 2410. The average Bonchev–Trinajstić information content (AvgIpc) is 3.78. The Kier molecular flexibility index (Phi) is 9.75. The van der Waals surface area contributed by atoms with Gasteiger partial charge in [0, 0.05) is 29.1 Å². The number of carbonyl (C=O) groups is 1. The number of halogens is 2. The molecule has 0 N–H and O–H groups in total. The van der Waals surface area contributed by atoms with Crippen LogP contribution in [0.5, 0.6) is 0 Å². The van der Waals surface area contributed by atoms with E-state index in [0.29, 0.717) is 39.4 Å². The van der Waals surface area contributed by atoms with Gasteiger partial charge in [-0.05, 0) is 41.3 Å². The van der Waals surface area contributed by atoms with Crippen molar-refractivity contribution in [1.82, 2.24) is 23.7 Å². The van der Waals surface area contributed by atoms with Crippen LogP contribution in [0.3, 0.4) is 0 Å². The van der Waals surface area contributed by atoms with Gasteiger partial charge in [0.05, 0.1) is 23.6 Å². The Morgan fingerprint density at radius 2 is 1.42 bits per heavy atom. The standard InChI is InChI=1S/C38H30Cl2N6O3S/c39-29-16-17-30(31(40)20-29)32-24-50-37(42-32)44(19-18-26-10-4-1-5-11-26)33(47)23-46-36(48)34-35(41-25-43(34)21-27-12-6-2-7-13-27)45(38(46)49)22-28-14-8-3-9-15-28/h1-17,20,24-25H,18-19,21-23H2. The van der Waals surface area contributed by atoms with Gasteiger partial charge in [0.15, 0.2) is 16.3 Å². The van der Waals surface area contributed by atoms with Crippen molar-refractivity contribution >= 4 is 56.7 Å². The van der Waals surface area contributed by atoms with Crippen molar-refractivity contribution in [2.24, 2.45) is 0 Å². The number of anilines is 1. The largest absolute Gasteiger partial charge is 0.333 e. The van der Waals surface area contributed by atoms with E-state index < -0.39 is 23.7 Å². The Morgan fingerprint density at radius 1 is 0.780 bits per heavy atom. The van der Waals surface area contributed by atoms with Crippen LogP contribution < -0.4 is 16.1 Å². The molecule has 0 spiro atoms. The lowest BCUT2D eigenvalue weighted by molar-refractivity contribution is -0.119. The van der Waals surface area contributed by atoms with Crippen LogP contribution in [0.25, 0.3) is 22.4 Å². The first kappa shape index (κ1) is 33.2. The van der Waals surface area contributed by atoms with Crippen molar-refractivity contribution in [2.75, 3.05) is 11.4 Å². The zero-order chi connectivity index (χ0) is 34.6. The van der Waals surface area contributed by atoms with E-state index in [1.54, 1.807) is 29.1 Å². The number of hydrogen-bond donors (Lipinski definition) is 0. The second-order valence-electron chi connectivity index (χ2n) is 11.7. The highest BCUT2D eigenvalue weighted by Crippen LogP contribution is 2.33. The maximum Gasteiger partial charge on any atom is 0.333 e. The smallest absolute Gasteiger partial charge is 0.320 e. The van der Waals surface area contributed by atoms with E-state index in [2.05, 4.69) is 4.98 Å². The predicted octanol–water partition coefficient (Wildman–Crippen LogP) is 7.16. The average molecular weight is 722 g/mol. The molecule has 4 aromatic carbocycles. The van der Waals surface area contributed by atoms with Gasteiger partial charge in [0.2, 0.25) is 5.91 Å². The van der Waals surface area contributed by atoms with Crippen molar-refractivity contribution in [3.05, 3.63) is 168 Å². The topological polar surface area (TPSA) is 95.0 Å². The molecule has 0 aliphatic heterocycles. The summed E-state index contributed by atoms with van der Waals surface area (Å²) >= 11 is 13.9. The first-order valence-electron chi connectivity index (χ1n) is 15.9. The van der Waals surface area contributed by atoms with Gasteiger partial charge < -0.3 is 4.57 Å². The summed E-state index contributed by atoms with van der Waals surface area (Å²) in [5, 5.41) is 3.17. The van der Waals surface area contributed by atoms with Crippen LogP contribution in [0.4, 0.5) is 5.13 Å². The maximum absolute atomic E-state index is 14.3. The van der Waals surface area contributed by atoms with E-state index in [-0.39, 0.29) is 24.3 Å². The Hall–Kier alpha value is -5.29. The van der Waals surface area contributed by atoms with Crippen molar-refractivity contribution in [1.29, 1.82) is 0 Å². The Balaban J connectivity index is 1.29. The lowest BCUT2D eigenvalue weighted by Crippen LogP contribution is -2.46. The molecule has 0 radical (unpaired) electrons. The fraction of sp³-hybridized carbons (Fsp3) is 0.132. The summed E-state index contributed by atoms with van der Waals surface area (Å²) in [6.07, 6.45) is 2.09. The third-order valence-corrected chi connectivity index (χ3v) is 9.77. The second kappa shape index (κ2) is 14.7. The fourth-order valence-corrected chi connectivity index (χ4v) is 7.20. The second-order valence-corrected chi connectivity index (χ2v) is 13.4. The summed E-state index contributed by atoms with van der Waals surface area (Å²) in [6, 6.07) is 34.1. The molecule has 7 aromatic rings. The van der Waals surface area contributed by atoms with Gasteiger partial charge in [-0.1, -0.05) is 114 Å². The molecule has 250 valence electrons. The highest BCUT2D eigenvalue weighted by molar-refractivity contribution is 7.14. The molecule has 0 aliphatic rings. The lowest BCUT2D eigenvalue weighted by atomic mass is 10.1. The van der Waals surface area contributed by atoms with Crippen LogP contribution in [-0.2, 0) is 30.8 Å². The SMILES string of the molecule is O=C(Cn1c(=O)c2c(ncn2Cc2ccccc2)n(Cc2ccccc2)c1=O)N(CCc1ccccc1)c1nc(-c2ccc(Cl)cc2Cl)cs1. The number of rotatable bonds is 11. The zero-order valence-electron chi connectivity index (χ0n) is 26.7. The van der Waals surface area contributed by atoms with Gasteiger partial charge in [-0.3, -0.25) is 19.1 Å². The summed E-state index contributed by atoms with van der Waals surface area (Å²) in [7, 11) is 0. The number of nitrogens with zero attached hydrogens (tertiary/aromatic N) is 6. The molecule has 0 saturated carbocycles. The summed E-state index contributed by atoms with van der Waals surface area (Å²) in [5.74, 6) is -0.456. The highest BCUT2D eigenvalue weighted by Gasteiger charge is 2.25. The normalized spacial score (nSPS) is 11.2. The predicted molar refractivity (Wildman–Crippen MR) is 199 cm³/mol. The van der Waals surface area contributed by atoms with Crippen molar-refractivity contribution in [3.8, 4) is 11.3 Å².